The zero-order valence-electron chi connectivity index (χ0n) is 22.4. The molecule has 2 fully saturated rings. The number of benzene rings is 2. The van der Waals surface area contributed by atoms with Crippen molar-refractivity contribution < 1.29 is 43.1 Å². The van der Waals surface area contributed by atoms with Gasteiger partial charge in [0.15, 0.2) is 17.7 Å². The molecule has 2 aromatic carbocycles. The number of methoxy groups -OCH3 is 1. The Morgan fingerprint density at radius 1 is 1.19 bits per heavy atom. The summed E-state index contributed by atoms with van der Waals surface area (Å²) < 4.78 is 47.8. The first-order chi connectivity index (χ1) is 20.0. The number of rotatable bonds is 7. The fraction of sp³-hybridized carbons (Fsp3) is 0.444. The first kappa shape index (κ1) is 31.1. The van der Waals surface area contributed by atoms with Crippen LogP contribution in [-0.4, -0.2) is 99.7 Å². The van der Waals surface area contributed by atoms with E-state index in [4.69, 9.17) is 14.2 Å². The van der Waals surface area contributed by atoms with Crippen molar-refractivity contribution in [2.24, 2.45) is 0 Å². The number of aryl methyl sites for hydroxylation is 1. The van der Waals surface area contributed by atoms with Gasteiger partial charge in [0.2, 0.25) is 0 Å². The van der Waals surface area contributed by atoms with Crippen LogP contribution in [0.25, 0.3) is 11.3 Å². The number of carbonyl (C=O) groups is 1. The summed E-state index contributed by atoms with van der Waals surface area (Å²) in [7, 11) is 1.32. The van der Waals surface area contributed by atoms with Crippen LogP contribution in [0.4, 0.5) is 14.5 Å². The van der Waals surface area contributed by atoms with Crippen molar-refractivity contribution in [1.82, 2.24) is 15.0 Å². The molecule has 3 N–H and O–H groups in total. The molecule has 2 saturated heterocycles. The fourth-order valence-electron chi connectivity index (χ4n) is 5.38. The lowest BCUT2D eigenvalue weighted by Gasteiger charge is -2.45. The van der Waals surface area contributed by atoms with Gasteiger partial charge in [-0.05, 0) is 58.7 Å². The van der Waals surface area contributed by atoms with Crippen molar-refractivity contribution in [2.45, 2.75) is 49.5 Å². The molecule has 15 heteroatoms. The van der Waals surface area contributed by atoms with Crippen LogP contribution in [0.5, 0.6) is 0 Å². The molecule has 2 aliphatic heterocycles. The highest BCUT2D eigenvalue weighted by Gasteiger charge is 2.52. The molecule has 0 unspecified atom stereocenters. The van der Waals surface area contributed by atoms with Gasteiger partial charge in [0, 0.05) is 22.8 Å². The monoisotopic (exact) mass is 716 g/mol. The van der Waals surface area contributed by atoms with Crippen molar-refractivity contribution in [2.75, 3.05) is 31.8 Å². The minimum atomic E-state index is -1.44. The molecular weight excluding hydrogens is 690 g/mol. The average molecular weight is 718 g/mol. The fourth-order valence-corrected chi connectivity index (χ4v) is 6.28. The van der Waals surface area contributed by atoms with Gasteiger partial charge in [0.25, 0.3) is 5.91 Å². The minimum Gasteiger partial charge on any atom is -0.394 e. The van der Waals surface area contributed by atoms with Gasteiger partial charge in [-0.15, -0.1) is 5.10 Å². The molecule has 3 aromatic rings. The molecule has 1 aromatic heterocycles. The molecule has 3 heterocycles. The molecule has 7 atom stereocenters. The molecule has 0 bridgehead atoms. The lowest BCUT2D eigenvalue weighted by atomic mass is 9.91. The maximum Gasteiger partial charge on any atom is 0.259 e. The molecule has 0 aliphatic carbocycles. The normalized spacial score (nSPS) is 27.8. The van der Waals surface area contributed by atoms with Crippen LogP contribution < -0.4 is 4.90 Å². The van der Waals surface area contributed by atoms with E-state index in [-0.39, 0.29) is 28.9 Å². The first-order valence-corrected chi connectivity index (χ1v) is 14.5. The molecule has 42 heavy (non-hydrogen) atoms. The number of ether oxygens (including phenoxy) is 3. The summed E-state index contributed by atoms with van der Waals surface area (Å²) >= 11 is 6.39. The topological polar surface area (TPSA) is 139 Å². The molecule has 0 spiro atoms. The second kappa shape index (κ2) is 12.7. The molecule has 11 nitrogen and oxygen atoms in total. The summed E-state index contributed by atoms with van der Waals surface area (Å²) in [5, 5.41) is 40.0. The predicted octanol–water partition coefficient (Wildman–Crippen LogP) is 2.53. The Kier molecular flexibility index (Phi) is 9.39. The van der Waals surface area contributed by atoms with E-state index in [1.807, 2.05) is 13.0 Å². The van der Waals surface area contributed by atoms with E-state index in [2.05, 4.69) is 42.2 Å². The zero-order chi connectivity index (χ0) is 30.3. The number of aliphatic hydroxyl groups excluding tert-OH is 3. The molecule has 5 rings (SSSR count). The first-order valence-electron chi connectivity index (χ1n) is 12.9. The quantitative estimate of drug-likeness (QED) is 0.315. The molecular formula is C27H28Br2F2N4O7. The van der Waals surface area contributed by atoms with Crippen molar-refractivity contribution in [1.29, 1.82) is 0 Å². The van der Waals surface area contributed by atoms with Gasteiger partial charge in [-0.2, -0.15) is 0 Å². The van der Waals surface area contributed by atoms with Crippen molar-refractivity contribution in [3.05, 3.63) is 62.7 Å². The Hall–Kier alpha value is -2.37. The van der Waals surface area contributed by atoms with Crippen LogP contribution in [0.1, 0.15) is 11.6 Å². The van der Waals surface area contributed by atoms with Gasteiger partial charge >= 0.3 is 0 Å². The average Bonchev–Trinajstić information content (AvgIpc) is 3.60. The molecule has 0 radical (unpaired) electrons. The third-order valence-electron chi connectivity index (χ3n) is 7.41. The summed E-state index contributed by atoms with van der Waals surface area (Å²) in [6.07, 6.45) is -4.98. The third kappa shape index (κ3) is 5.76. The summed E-state index contributed by atoms with van der Waals surface area (Å²) in [5.41, 5.74) is 1.09. The Labute approximate surface area is 256 Å². The number of aliphatic hydroxyl groups is 3. The number of halogens is 4. The highest BCUT2D eigenvalue weighted by Crippen LogP contribution is 2.36. The smallest absolute Gasteiger partial charge is 0.259 e. The SMILES string of the molecule is CO[C@@H]1[C@@H](n2cc(-c3ccc(Br)c(F)c3F)nn2)[C@@H](O)[C@@H](CO)O[C@H]1C(=O)N(c1cc(C)cc(Br)c1)[C@H]1COC[C@@H]1O. The number of aromatic nitrogens is 3. The van der Waals surface area contributed by atoms with E-state index in [0.29, 0.717) is 10.2 Å². The Morgan fingerprint density at radius 3 is 2.60 bits per heavy atom. The van der Waals surface area contributed by atoms with Gasteiger partial charge in [-0.3, -0.25) is 4.79 Å². The maximum absolute atomic E-state index is 14.7. The number of anilines is 1. The number of amides is 1. The highest BCUT2D eigenvalue weighted by atomic mass is 79.9. The van der Waals surface area contributed by atoms with E-state index in [9.17, 15) is 28.9 Å². The van der Waals surface area contributed by atoms with Gasteiger partial charge in [0.1, 0.15) is 36.2 Å². The Morgan fingerprint density at radius 2 is 1.95 bits per heavy atom. The van der Waals surface area contributed by atoms with Crippen LogP contribution in [0, 0.1) is 18.6 Å². The van der Waals surface area contributed by atoms with Gasteiger partial charge in [-0.1, -0.05) is 21.1 Å². The standard InChI is InChI=1S/C27H28Br2F2N4O7/c1-12-5-13(28)7-14(6-12)35(18-10-41-11-19(18)37)27(39)26-25(40-2)23(24(38)20(9-36)42-26)34-8-17(32-33-34)15-3-4-16(29)22(31)21(15)30/h3-8,18-20,23-26,36-38H,9-11H2,1-2H3/t18-,19-,20+,23-,24-,25+,26+/m0/s1. The van der Waals surface area contributed by atoms with Crippen LogP contribution >= 0.6 is 31.9 Å². The minimum absolute atomic E-state index is 0.0240. The van der Waals surface area contributed by atoms with Gasteiger partial charge in [-0.25, -0.2) is 13.5 Å². The lowest BCUT2D eigenvalue weighted by Crippen LogP contribution is -2.63. The number of hydrogen-bond donors (Lipinski definition) is 3. The predicted molar refractivity (Wildman–Crippen MR) is 152 cm³/mol. The van der Waals surface area contributed by atoms with Crippen molar-refractivity contribution in [3.63, 3.8) is 0 Å². The number of hydrogen-bond acceptors (Lipinski definition) is 9. The third-order valence-corrected chi connectivity index (χ3v) is 8.48. The number of carbonyl (C=O) groups excluding carboxylic acids is 1. The van der Waals surface area contributed by atoms with Crippen LogP contribution in [0.15, 0.2) is 45.5 Å². The second-order valence-electron chi connectivity index (χ2n) is 10.1. The lowest BCUT2D eigenvalue weighted by molar-refractivity contribution is -0.211. The summed E-state index contributed by atoms with van der Waals surface area (Å²) in [6.45, 7) is 1.28. The summed E-state index contributed by atoms with van der Waals surface area (Å²) in [4.78, 5) is 15.7. The number of nitrogens with zero attached hydrogens (tertiary/aromatic N) is 4. The van der Waals surface area contributed by atoms with E-state index in [0.717, 1.165) is 5.56 Å². The maximum atomic E-state index is 14.7. The summed E-state index contributed by atoms with van der Waals surface area (Å²) in [5.74, 6) is -2.87. The van der Waals surface area contributed by atoms with Crippen LogP contribution in [-0.2, 0) is 19.0 Å². The van der Waals surface area contributed by atoms with E-state index < -0.39 is 66.8 Å². The molecule has 2 aliphatic rings. The van der Waals surface area contributed by atoms with Crippen molar-refractivity contribution in [3.8, 4) is 11.3 Å². The molecule has 226 valence electrons. The van der Waals surface area contributed by atoms with E-state index >= 15 is 0 Å². The van der Waals surface area contributed by atoms with Gasteiger partial charge in [0.05, 0.1) is 36.5 Å². The molecule has 0 saturated carbocycles. The van der Waals surface area contributed by atoms with Crippen LogP contribution in [0.3, 0.4) is 0 Å². The largest absolute Gasteiger partial charge is 0.394 e. The zero-order valence-corrected chi connectivity index (χ0v) is 25.6. The Bertz CT molecular complexity index is 1440. The Balaban J connectivity index is 1.55. The molecule has 1 amide bonds. The summed E-state index contributed by atoms with van der Waals surface area (Å²) in [6, 6.07) is 6.08. The second-order valence-corrected chi connectivity index (χ2v) is 11.9. The van der Waals surface area contributed by atoms with E-state index in [1.54, 1.807) is 12.1 Å². The van der Waals surface area contributed by atoms with E-state index in [1.165, 1.54) is 35.0 Å². The van der Waals surface area contributed by atoms with Gasteiger partial charge < -0.3 is 34.4 Å². The van der Waals surface area contributed by atoms with Crippen molar-refractivity contribution >= 4 is 43.5 Å². The highest BCUT2D eigenvalue weighted by molar-refractivity contribution is 9.10. The van der Waals surface area contributed by atoms with Crippen LogP contribution in [0.2, 0.25) is 0 Å².